The number of hydrogen-bond acceptors (Lipinski definition) is 5. The van der Waals surface area contributed by atoms with E-state index in [1.807, 2.05) is 0 Å². The zero-order valence-corrected chi connectivity index (χ0v) is 8.90. The Morgan fingerprint density at radius 1 is 1.31 bits per heavy atom. The van der Waals surface area contributed by atoms with Crippen LogP contribution in [0.2, 0.25) is 0 Å². The largest absolute Gasteiger partial charge is 0.396 e. The molecular formula is C8H9N5O2S. The van der Waals surface area contributed by atoms with Crippen molar-refractivity contribution in [3.05, 3.63) is 31.0 Å². The van der Waals surface area contributed by atoms with Gasteiger partial charge in [-0.1, -0.05) is 0 Å². The number of nitrogens with two attached hydrogens (primary N) is 1. The molecule has 2 heterocycles. The first-order valence-corrected chi connectivity index (χ1v) is 5.78. The highest BCUT2D eigenvalue weighted by molar-refractivity contribution is 7.92. The van der Waals surface area contributed by atoms with E-state index >= 15 is 0 Å². The van der Waals surface area contributed by atoms with Crippen molar-refractivity contribution < 1.29 is 8.42 Å². The van der Waals surface area contributed by atoms with Crippen LogP contribution in [0.15, 0.2) is 36.0 Å². The van der Waals surface area contributed by atoms with Gasteiger partial charge in [0.1, 0.15) is 0 Å². The van der Waals surface area contributed by atoms with Gasteiger partial charge >= 0.3 is 0 Å². The Morgan fingerprint density at radius 2 is 2.12 bits per heavy atom. The lowest BCUT2D eigenvalue weighted by atomic mass is 10.4. The minimum absolute atomic E-state index is 0.0243. The second-order valence-electron chi connectivity index (χ2n) is 2.98. The van der Waals surface area contributed by atoms with Gasteiger partial charge in [0.15, 0.2) is 5.03 Å². The molecular weight excluding hydrogens is 230 g/mol. The van der Waals surface area contributed by atoms with E-state index in [-0.39, 0.29) is 16.4 Å². The number of nitrogen functional groups attached to an aromatic ring is 1. The summed E-state index contributed by atoms with van der Waals surface area (Å²) in [7, 11) is -3.67. The van der Waals surface area contributed by atoms with Crippen LogP contribution in [0.5, 0.6) is 0 Å². The summed E-state index contributed by atoms with van der Waals surface area (Å²) in [6.07, 6.45) is 5.30. The fourth-order valence-electron chi connectivity index (χ4n) is 1.09. The molecule has 0 aliphatic rings. The molecule has 2 aromatic rings. The van der Waals surface area contributed by atoms with E-state index in [0.717, 1.165) is 0 Å². The monoisotopic (exact) mass is 239 g/mol. The van der Waals surface area contributed by atoms with Gasteiger partial charge in [0.2, 0.25) is 0 Å². The van der Waals surface area contributed by atoms with E-state index in [0.29, 0.717) is 0 Å². The van der Waals surface area contributed by atoms with Gasteiger partial charge in [0, 0.05) is 6.20 Å². The fourth-order valence-corrected chi connectivity index (χ4v) is 2.08. The first-order chi connectivity index (χ1) is 7.59. The molecule has 0 unspecified atom stereocenters. The van der Waals surface area contributed by atoms with Crippen molar-refractivity contribution in [2.75, 3.05) is 10.5 Å². The molecule has 0 amide bonds. The standard InChI is InChI=1S/C8H9N5O2S/c9-6-3-10-2-1-7(6)13-16(14,15)8-4-11-5-12-8/h1-5H,9H2,(H,10,13)(H,11,12). The molecule has 0 fully saturated rings. The summed E-state index contributed by atoms with van der Waals surface area (Å²) < 4.78 is 25.8. The number of anilines is 2. The van der Waals surface area contributed by atoms with Crippen molar-refractivity contribution in [1.29, 1.82) is 0 Å². The highest BCUT2D eigenvalue weighted by Crippen LogP contribution is 2.19. The maximum absolute atomic E-state index is 11.8. The van der Waals surface area contributed by atoms with Gasteiger partial charge < -0.3 is 10.7 Å². The summed E-state index contributed by atoms with van der Waals surface area (Å²) in [5.41, 5.74) is 6.10. The van der Waals surface area contributed by atoms with E-state index < -0.39 is 10.0 Å². The Labute approximate surface area is 91.8 Å². The van der Waals surface area contributed by atoms with E-state index in [1.165, 1.54) is 31.0 Å². The summed E-state index contributed by atoms with van der Waals surface area (Å²) in [4.78, 5) is 9.89. The molecule has 0 aromatic carbocycles. The summed E-state index contributed by atoms with van der Waals surface area (Å²) in [5.74, 6) is 0. The molecule has 0 aliphatic heterocycles. The molecule has 7 nitrogen and oxygen atoms in total. The van der Waals surface area contributed by atoms with Crippen LogP contribution in [0.1, 0.15) is 0 Å². The van der Waals surface area contributed by atoms with E-state index in [4.69, 9.17) is 5.73 Å². The normalized spacial score (nSPS) is 11.2. The number of sulfonamides is 1. The summed E-state index contributed by atoms with van der Waals surface area (Å²) >= 11 is 0. The molecule has 0 atom stereocenters. The molecule has 4 N–H and O–H groups in total. The van der Waals surface area contributed by atoms with E-state index in [1.54, 1.807) is 0 Å². The third-order valence-corrected chi connectivity index (χ3v) is 3.15. The third-order valence-electron chi connectivity index (χ3n) is 1.86. The smallest absolute Gasteiger partial charge is 0.279 e. The molecule has 0 aliphatic carbocycles. The lowest BCUT2D eigenvalue weighted by molar-refractivity contribution is 0.598. The lowest BCUT2D eigenvalue weighted by Gasteiger charge is -2.07. The van der Waals surface area contributed by atoms with Gasteiger partial charge in [-0.25, -0.2) is 4.98 Å². The van der Waals surface area contributed by atoms with Crippen LogP contribution in [0.4, 0.5) is 11.4 Å². The SMILES string of the molecule is Nc1cnccc1NS(=O)(=O)c1cnc[nH]1. The number of rotatable bonds is 3. The van der Waals surface area contributed by atoms with Crippen LogP contribution in [0.3, 0.4) is 0 Å². The predicted octanol–water partition coefficient (Wildman–Crippen LogP) is 0.188. The molecule has 16 heavy (non-hydrogen) atoms. The van der Waals surface area contributed by atoms with E-state index in [2.05, 4.69) is 19.7 Å². The summed E-state index contributed by atoms with van der Waals surface area (Å²) in [5, 5.41) is -0.0243. The topological polar surface area (TPSA) is 114 Å². The second-order valence-corrected chi connectivity index (χ2v) is 4.64. The summed E-state index contributed by atoms with van der Waals surface area (Å²) in [6.45, 7) is 0. The highest BCUT2D eigenvalue weighted by Gasteiger charge is 2.16. The van der Waals surface area contributed by atoms with Gasteiger partial charge in [-0.3, -0.25) is 9.71 Å². The van der Waals surface area contributed by atoms with Crippen molar-refractivity contribution in [2.45, 2.75) is 5.03 Å². The number of nitrogens with zero attached hydrogens (tertiary/aromatic N) is 2. The van der Waals surface area contributed by atoms with Gasteiger partial charge in [-0.05, 0) is 6.07 Å². The minimum Gasteiger partial charge on any atom is -0.396 e. The summed E-state index contributed by atoms with van der Waals surface area (Å²) in [6, 6.07) is 1.48. The zero-order valence-electron chi connectivity index (χ0n) is 8.08. The molecule has 84 valence electrons. The molecule has 0 radical (unpaired) electrons. The molecule has 0 spiro atoms. The Hall–Kier alpha value is -2.09. The van der Waals surface area contributed by atoms with Crippen molar-refractivity contribution in [3.8, 4) is 0 Å². The maximum atomic E-state index is 11.8. The number of H-pyrrole nitrogens is 1. The Kier molecular flexibility index (Phi) is 2.49. The highest BCUT2D eigenvalue weighted by atomic mass is 32.2. The van der Waals surface area contributed by atoms with Crippen molar-refractivity contribution in [2.24, 2.45) is 0 Å². The molecule has 0 saturated heterocycles. The van der Waals surface area contributed by atoms with Crippen LogP contribution in [0, 0.1) is 0 Å². The quantitative estimate of drug-likeness (QED) is 0.707. The van der Waals surface area contributed by atoms with Crippen molar-refractivity contribution >= 4 is 21.4 Å². The maximum Gasteiger partial charge on any atom is 0.279 e. The molecule has 8 heteroatoms. The molecule has 2 aromatic heterocycles. The number of imidazole rings is 1. The van der Waals surface area contributed by atoms with Crippen LogP contribution in [-0.4, -0.2) is 23.4 Å². The first-order valence-electron chi connectivity index (χ1n) is 4.30. The number of nitrogens with one attached hydrogen (secondary N) is 2. The second kappa shape index (κ2) is 3.81. The lowest BCUT2D eigenvalue weighted by Crippen LogP contribution is -2.14. The minimum atomic E-state index is -3.67. The number of pyridine rings is 1. The van der Waals surface area contributed by atoms with Gasteiger partial charge in [-0.2, -0.15) is 8.42 Å². The zero-order chi connectivity index (χ0) is 11.6. The molecule has 0 bridgehead atoms. The fraction of sp³-hybridized carbons (Fsp3) is 0. The Morgan fingerprint density at radius 3 is 2.75 bits per heavy atom. The van der Waals surface area contributed by atoms with E-state index in [9.17, 15) is 8.42 Å². The van der Waals surface area contributed by atoms with Crippen LogP contribution < -0.4 is 10.5 Å². The van der Waals surface area contributed by atoms with Crippen molar-refractivity contribution in [1.82, 2.24) is 15.0 Å². The number of hydrogen-bond donors (Lipinski definition) is 3. The average molecular weight is 239 g/mol. The van der Waals surface area contributed by atoms with Gasteiger partial charge in [-0.15, -0.1) is 0 Å². The van der Waals surface area contributed by atoms with Crippen molar-refractivity contribution in [3.63, 3.8) is 0 Å². The molecule has 2 rings (SSSR count). The molecule has 0 saturated carbocycles. The number of aromatic nitrogens is 3. The average Bonchev–Trinajstić information content (AvgIpc) is 2.75. The predicted molar refractivity (Wildman–Crippen MR) is 58.0 cm³/mol. The van der Waals surface area contributed by atoms with Gasteiger partial charge in [0.05, 0.1) is 30.1 Å². The van der Waals surface area contributed by atoms with Gasteiger partial charge in [0.25, 0.3) is 10.0 Å². The number of aromatic amines is 1. The van der Waals surface area contributed by atoms with Crippen LogP contribution >= 0.6 is 0 Å². The first kappa shape index (κ1) is 10.4. The van der Waals surface area contributed by atoms with Crippen LogP contribution in [-0.2, 0) is 10.0 Å². The Balaban J connectivity index is 2.33. The third kappa shape index (κ3) is 1.96. The van der Waals surface area contributed by atoms with Crippen LogP contribution in [0.25, 0.3) is 0 Å². The Bertz CT molecular complexity index is 578.